The van der Waals surface area contributed by atoms with E-state index in [2.05, 4.69) is 10.3 Å². The molecule has 1 aromatic carbocycles. The van der Waals surface area contributed by atoms with Crippen molar-refractivity contribution in [3.8, 4) is 17.0 Å². The molecule has 3 aromatic rings. The molecule has 1 amide bonds. The summed E-state index contributed by atoms with van der Waals surface area (Å²) in [6.07, 6.45) is 1.31. The van der Waals surface area contributed by atoms with Crippen molar-refractivity contribution in [2.75, 3.05) is 7.11 Å². The smallest absolute Gasteiger partial charge is 0.305 e. The molecule has 150 valence electrons. The summed E-state index contributed by atoms with van der Waals surface area (Å²) < 4.78 is 10.7. The topological polar surface area (TPSA) is 102 Å². The van der Waals surface area contributed by atoms with Gasteiger partial charge in [-0.15, -0.1) is 0 Å². The summed E-state index contributed by atoms with van der Waals surface area (Å²) >= 11 is 0. The number of amides is 1. The van der Waals surface area contributed by atoms with E-state index in [0.717, 1.165) is 16.7 Å². The van der Waals surface area contributed by atoms with Gasteiger partial charge in [0.25, 0.3) is 5.91 Å². The molecule has 0 saturated carbocycles. The van der Waals surface area contributed by atoms with Crippen LogP contribution in [0, 0.1) is 13.8 Å². The van der Waals surface area contributed by atoms with Crippen LogP contribution in [0.4, 0.5) is 0 Å². The molecule has 0 aliphatic carbocycles. The molecule has 0 radical (unpaired) electrons. The number of ether oxygens (including phenoxy) is 1. The van der Waals surface area contributed by atoms with Crippen molar-refractivity contribution in [2.24, 2.45) is 0 Å². The number of carbonyl (C=O) groups is 2. The fourth-order valence-electron chi connectivity index (χ4n) is 3.18. The standard InChI is InChI=1S/C22H22N2O5/c1-13-6-4-5-7-15(13)18(12-20(25)26)24-22(27)17-8-9-19(28-3)21(23-17)16-10-11-29-14(16)2/h4-11,18H,12H2,1-3H3,(H,24,27)(H,25,26)/t18-/m0/s1. The molecule has 0 aliphatic heterocycles. The molecular formula is C22H22N2O5. The van der Waals surface area contributed by atoms with Gasteiger partial charge in [0.05, 0.1) is 25.8 Å². The number of hydrogen-bond donors (Lipinski definition) is 2. The summed E-state index contributed by atoms with van der Waals surface area (Å²) in [6.45, 7) is 3.67. The Hall–Kier alpha value is -3.61. The lowest BCUT2D eigenvalue weighted by Gasteiger charge is -2.19. The summed E-state index contributed by atoms with van der Waals surface area (Å²) in [4.78, 5) is 28.7. The van der Waals surface area contributed by atoms with E-state index in [1.165, 1.54) is 7.11 Å². The van der Waals surface area contributed by atoms with Gasteiger partial charge < -0.3 is 19.6 Å². The van der Waals surface area contributed by atoms with Crippen molar-refractivity contribution >= 4 is 11.9 Å². The minimum atomic E-state index is -1.00. The average molecular weight is 394 g/mol. The van der Waals surface area contributed by atoms with Crippen molar-refractivity contribution in [2.45, 2.75) is 26.3 Å². The lowest BCUT2D eigenvalue weighted by atomic mass is 9.98. The highest BCUT2D eigenvalue weighted by molar-refractivity contribution is 5.94. The highest BCUT2D eigenvalue weighted by atomic mass is 16.5. The van der Waals surface area contributed by atoms with E-state index < -0.39 is 17.9 Å². The second kappa shape index (κ2) is 8.60. The molecule has 0 spiro atoms. The zero-order valence-electron chi connectivity index (χ0n) is 16.4. The van der Waals surface area contributed by atoms with Crippen LogP contribution in [0.2, 0.25) is 0 Å². The average Bonchev–Trinajstić information content (AvgIpc) is 3.12. The molecule has 2 N–H and O–H groups in total. The zero-order chi connectivity index (χ0) is 21.0. The molecule has 1 atom stereocenters. The van der Waals surface area contributed by atoms with Crippen LogP contribution in [-0.2, 0) is 4.79 Å². The molecule has 3 rings (SSSR count). The molecular weight excluding hydrogens is 372 g/mol. The first kappa shape index (κ1) is 20.1. The SMILES string of the molecule is COc1ccc(C(=O)N[C@@H](CC(=O)O)c2ccccc2C)nc1-c1ccoc1C. The Bertz CT molecular complexity index is 1040. The highest BCUT2D eigenvalue weighted by Gasteiger charge is 2.22. The number of aryl methyl sites for hydroxylation is 2. The Labute approximate surface area is 168 Å². The molecule has 0 bridgehead atoms. The van der Waals surface area contributed by atoms with Crippen molar-refractivity contribution < 1.29 is 23.8 Å². The monoisotopic (exact) mass is 394 g/mol. The van der Waals surface area contributed by atoms with E-state index in [-0.39, 0.29) is 12.1 Å². The van der Waals surface area contributed by atoms with Gasteiger partial charge in [0.1, 0.15) is 22.9 Å². The summed E-state index contributed by atoms with van der Waals surface area (Å²) in [7, 11) is 1.52. The number of carboxylic acid groups (broad SMARTS) is 1. The van der Waals surface area contributed by atoms with Crippen LogP contribution in [0.25, 0.3) is 11.3 Å². The van der Waals surface area contributed by atoms with Crippen LogP contribution < -0.4 is 10.1 Å². The number of carbonyl (C=O) groups excluding carboxylic acids is 1. The fraction of sp³-hybridized carbons (Fsp3) is 0.227. The minimum Gasteiger partial charge on any atom is -0.494 e. The van der Waals surface area contributed by atoms with Gasteiger partial charge in [-0.1, -0.05) is 24.3 Å². The summed E-state index contributed by atoms with van der Waals surface area (Å²) in [6, 6.07) is 11.6. The van der Waals surface area contributed by atoms with E-state index in [9.17, 15) is 14.7 Å². The number of hydrogen-bond acceptors (Lipinski definition) is 5. The normalized spacial score (nSPS) is 11.7. The molecule has 7 heteroatoms. The van der Waals surface area contributed by atoms with E-state index in [1.807, 2.05) is 31.2 Å². The fourth-order valence-corrected chi connectivity index (χ4v) is 3.18. The maximum atomic E-state index is 12.9. The summed E-state index contributed by atoms with van der Waals surface area (Å²) in [5, 5.41) is 12.1. The predicted octanol–water partition coefficient (Wildman–Crippen LogP) is 3.91. The second-order valence-corrected chi connectivity index (χ2v) is 6.62. The number of nitrogens with one attached hydrogen (secondary N) is 1. The summed E-state index contributed by atoms with van der Waals surface area (Å²) in [5.74, 6) is -0.315. The van der Waals surface area contributed by atoms with Crippen LogP contribution in [0.5, 0.6) is 5.75 Å². The van der Waals surface area contributed by atoms with Crippen molar-refractivity contribution in [3.63, 3.8) is 0 Å². The van der Waals surface area contributed by atoms with Crippen LogP contribution in [-0.4, -0.2) is 29.1 Å². The number of nitrogens with zero attached hydrogens (tertiary/aromatic N) is 1. The first-order chi connectivity index (χ1) is 13.9. The van der Waals surface area contributed by atoms with Gasteiger partial charge in [-0.3, -0.25) is 9.59 Å². The first-order valence-corrected chi connectivity index (χ1v) is 9.08. The zero-order valence-corrected chi connectivity index (χ0v) is 16.4. The van der Waals surface area contributed by atoms with Crippen molar-refractivity contribution in [1.82, 2.24) is 10.3 Å². The number of carboxylic acids is 1. The predicted molar refractivity (Wildman–Crippen MR) is 107 cm³/mol. The van der Waals surface area contributed by atoms with Gasteiger partial charge in [-0.25, -0.2) is 4.98 Å². The second-order valence-electron chi connectivity index (χ2n) is 6.62. The Morgan fingerprint density at radius 1 is 1.17 bits per heavy atom. The number of furan rings is 1. The van der Waals surface area contributed by atoms with Gasteiger partial charge in [0.15, 0.2) is 0 Å². The van der Waals surface area contributed by atoms with Crippen molar-refractivity contribution in [1.29, 1.82) is 0 Å². The van der Waals surface area contributed by atoms with Crippen LogP contribution in [0.15, 0.2) is 53.1 Å². The summed E-state index contributed by atoms with van der Waals surface area (Å²) in [5.41, 5.74) is 3.01. The lowest BCUT2D eigenvalue weighted by molar-refractivity contribution is -0.137. The van der Waals surface area contributed by atoms with Gasteiger partial charge in [-0.05, 0) is 43.2 Å². The van der Waals surface area contributed by atoms with Gasteiger partial charge in [0, 0.05) is 5.56 Å². The molecule has 0 saturated heterocycles. The van der Waals surface area contributed by atoms with E-state index in [1.54, 1.807) is 31.4 Å². The Morgan fingerprint density at radius 2 is 1.93 bits per heavy atom. The number of aliphatic carboxylic acids is 1. The molecule has 2 heterocycles. The number of rotatable bonds is 7. The minimum absolute atomic E-state index is 0.158. The maximum absolute atomic E-state index is 12.9. The third kappa shape index (κ3) is 4.45. The highest BCUT2D eigenvalue weighted by Crippen LogP contribution is 2.31. The largest absolute Gasteiger partial charge is 0.494 e. The Kier molecular flexibility index (Phi) is 5.97. The molecule has 0 aliphatic rings. The van der Waals surface area contributed by atoms with Gasteiger partial charge >= 0.3 is 5.97 Å². The molecule has 0 unspecified atom stereocenters. The molecule has 29 heavy (non-hydrogen) atoms. The van der Waals surface area contributed by atoms with Crippen LogP contribution in [0.3, 0.4) is 0 Å². The Morgan fingerprint density at radius 3 is 2.55 bits per heavy atom. The third-order valence-electron chi connectivity index (χ3n) is 4.67. The quantitative estimate of drug-likeness (QED) is 0.630. The lowest BCUT2D eigenvalue weighted by Crippen LogP contribution is -2.31. The van der Waals surface area contributed by atoms with Gasteiger partial charge in [0.2, 0.25) is 0 Å². The van der Waals surface area contributed by atoms with Crippen LogP contribution in [0.1, 0.15) is 39.8 Å². The number of aromatic nitrogens is 1. The third-order valence-corrected chi connectivity index (χ3v) is 4.67. The molecule has 0 fully saturated rings. The van der Waals surface area contributed by atoms with E-state index in [0.29, 0.717) is 17.2 Å². The van der Waals surface area contributed by atoms with E-state index in [4.69, 9.17) is 9.15 Å². The first-order valence-electron chi connectivity index (χ1n) is 9.08. The van der Waals surface area contributed by atoms with E-state index >= 15 is 0 Å². The maximum Gasteiger partial charge on any atom is 0.305 e. The number of benzene rings is 1. The van der Waals surface area contributed by atoms with Gasteiger partial charge in [-0.2, -0.15) is 0 Å². The molecule has 7 nitrogen and oxygen atoms in total. The van der Waals surface area contributed by atoms with Crippen LogP contribution >= 0.6 is 0 Å². The van der Waals surface area contributed by atoms with Crippen molar-refractivity contribution in [3.05, 3.63) is 71.3 Å². The Balaban J connectivity index is 1.94. The number of methoxy groups -OCH3 is 1. The number of pyridine rings is 1. The molecule has 2 aromatic heterocycles.